The zero-order valence-corrected chi connectivity index (χ0v) is 18.5. The summed E-state index contributed by atoms with van der Waals surface area (Å²) in [7, 11) is -1.14. The minimum Gasteiger partial charge on any atom is -0.496 e. The molecular formula is C21H20FN5O5S. The second-order valence-electron chi connectivity index (χ2n) is 6.71. The van der Waals surface area contributed by atoms with Crippen molar-refractivity contribution in [1.29, 1.82) is 0 Å². The van der Waals surface area contributed by atoms with Crippen LogP contribution in [0.2, 0.25) is 0 Å². The van der Waals surface area contributed by atoms with E-state index in [2.05, 4.69) is 20.0 Å². The Hall–Kier alpha value is -3.77. The van der Waals surface area contributed by atoms with Crippen LogP contribution in [0.1, 0.15) is 0 Å². The molecule has 0 aliphatic carbocycles. The van der Waals surface area contributed by atoms with Crippen LogP contribution in [0.25, 0.3) is 17.0 Å². The van der Waals surface area contributed by atoms with Gasteiger partial charge >= 0.3 is 0 Å². The molecule has 4 rings (SSSR count). The number of fused-ring (bicyclic) bond motifs is 1. The van der Waals surface area contributed by atoms with E-state index in [1.807, 2.05) is 18.2 Å². The van der Waals surface area contributed by atoms with E-state index in [-0.39, 0.29) is 29.7 Å². The second-order valence-corrected chi connectivity index (χ2v) is 8.44. The fraction of sp³-hybridized carbons (Fsp3) is 0.190. The van der Waals surface area contributed by atoms with Crippen LogP contribution in [0.3, 0.4) is 0 Å². The molecule has 10 nitrogen and oxygen atoms in total. The van der Waals surface area contributed by atoms with Gasteiger partial charge in [0.15, 0.2) is 11.5 Å². The average molecular weight is 473 g/mol. The minimum absolute atomic E-state index is 0.0263. The summed E-state index contributed by atoms with van der Waals surface area (Å²) in [6.07, 6.45) is 0. The first-order valence-corrected chi connectivity index (χ1v) is 11.2. The van der Waals surface area contributed by atoms with Crippen molar-refractivity contribution in [3.63, 3.8) is 0 Å². The van der Waals surface area contributed by atoms with Crippen LogP contribution in [0.5, 0.6) is 17.4 Å². The summed E-state index contributed by atoms with van der Waals surface area (Å²) in [5.74, 6) is 0.660. The first kappa shape index (κ1) is 22.4. The van der Waals surface area contributed by atoms with E-state index >= 15 is 0 Å². The second kappa shape index (κ2) is 9.38. The Kier molecular flexibility index (Phi) is 6.38. The minimum atomic E-state index is -4.01. The van der Waals surface area contributed by atoms with Crippen molar-refractivity contribution in [3.05, 3.63) is 60.4 Å². The molecule has 1 N–H and O–H groups in total. The maximum atomic E-state index is 13.5. The summed E-state index contributed by atoms with van der Waals surface area (Å²) >= 11 is 0. The lowest BCUT2D eigenvalue weighted by molar-refractivity contribution is 0.305. The first-order chi connectivity index (χ1) is 15.9. The smallest absolute Gasteiger partial charge is 0.244 e. The molecule has 0 amide bonds. The van der Waals surface area contributed by atoms with E-state index in [0.717, 1.165) is 12.1 Å². The van der Waals surface area contributed by atoms with Gasteiger partial charge in [0.1, 0.15) is 28.8 Å². The zero-order valence-electron chi connectivity index (χ0n) is 17.7. The van der Waals surface area contributed by atoms with E-state index in [1.165, 1.54) is 17.7 Å². The summed E-state index contributed by atoms with van der Waals surface area (Å²) < 4.78 is 58.4. The number of benzene rings is 2. The average Bonchev–Trinajstić information content (AvgIpc) is 3.25. The Morgan fingerprint density at radius 3 is 2.58 bits per heavy atom. The molecule has 0 saturated heterocycles. The number of rotatable bonds is 9. The standard InChI is InChI=1S/C21H20FN5O5S/c1-30-16-6-4-3-5-15(16)21-25-24-19-9-10-20(26-27(19)21)32-12-11-23-33(28,29)18-13-14(22)7-8-17(18)31-2/h3-10,13,23H,11-12H2,1-2H3. The Morgan fingerprint density at radius 1 is 1.00 bits per heavy atom. The lowest BCUT2D eigenvalue weighted by atomic mass is 10.2. The van der Waals surface area contributed by atoms with Gasteiger partial charge in [-0.15, -0.1) is 15.3 Å². The molecule has 33 heavy (non-hydrogen) atoms. The molecule has 2 heterocycles. The fourth-order valence-electron chi connectivity index (χ4n) is 3.12. The molecule has 0 radical (unpaired) electrons. The third-order valence-electron chi connectivity index (χ3n) is 4.65. The van der Waals surface area contributed by atoms with Crippen LogP contribution in [0, 0.1) is 5.82 Å². The van der Waals surface area contributed by atoms with Crippen molar-refractivity contribution < 1.29 is 27.0 Å². The number of nitrogens with zero attached hydrogens (tertiary/aromatic N) is 4. The summed E-state index contributed by atoms with van der Waals surface area (Å²) in [6, 6.07) is 13.9. The predicted molar refractivity (Wildman–Crippen MR) is 116 cm³/mol. The lowest BCUT2D eigenvalue weighted by Gasteiger charge is -2.11. The summed E-state index contributed by atoms with van der Waals surface area (Å²) in [5.41, 5.74) is 1.20. The van der Waals surface area contributed by atoms with E-state index < -0.39 is 15.8 Å². The van der Waals surface area contributed by atoms with Crippen molar-refractivity contribution >= 4 is 15.7 Å². The Labute approximate surface area is 189 Å². The number of sulfonamides is 1. The maximum Gasteiger partial charge on any atom is 0.244 e. The van der Waals surface area contributed by atoms with Crippen molar-refractivity contribution in [1.82, 2.24) is 24.5 Å². The summed E-state index contributed by atoms with van der Waals surface area (Å²) in [6.45, 7) is -0.106. The van der Waals surface area contributed by atoms with Crippen molar-refractivity contribution in [2.24, 2.45) is 0 Å². The van der Waals surface area contributed by atoms with Crippen LogP contribution in [-0.4, -0.2) is 55.6 Å². The van der Waals surface area contributed by atoms with Crippen molar-refractivity contribution in [2.75, 3.05) is 27.4 Å². The van der Waals surface area contributed by atoms with Gasteiger partial charge < -0.3 is 14.2 Å². The van der Waals surface area contributed by atoms with Gasteiger partial charge in [0.05, 0.1) is 19.8 Å². The van der Waals surface area contributed by atoms with Crippen molar-refractivity contribution in [3.8, 4) is 28.8 Å². The van der Waals surface area contributed by atoms with Gasteiger partial charge in [-0.1, -0.05) is 12.1 Å². The molecule has 0 saturated carbocycles. The van der Waals surface area contributed by atoms with Crippen LogP contribution >= 0.6 is 0 Å². The molecule has 4 aromatic rings. The summed E-state index contributed by atoms with van der Waals surface area (Å²) in [5, 5.41) is 12.7. The highest BCUT2D eigenvalue weighted by atomic mass is 32.2. The van der Waals surface area contributed by atoms with Crippen LogP contribution in [0.15, 0.2) is 59.5 Å². The quantitative estimate of drug-likeness (QED) is 0.368. The molecule has 2 aromatic carbocycles. The van der Waals surface area contributed by atoms with Crippen molar-refractivity contribution in [2.45, 2.75) is 4.90 Å². The number of hydrogen-bond donors (Lipinski definition) is 1. The van der Waals surface area contributed by atoms with E-state index in [4.69, 9.17) is 14.2 Å². The highest BCUT2D eigenvalue weighted by molar-refractivity contribution is 7.89. The SMILES string of the molecule is COc1ccccc1-c1nnc2ccc(OCCNS(=O)(=O)c3cc(F)ccc3OC)nn12. The molecule has 0 atom stereocenters. The predicted octanol–water partition coefficient (Wildman–Crippen LogP) is 2.30. The van der Waals surface area contributed by atoms with E-state index in [1.54, 1.807) is 25.3 Å². The Morgan fingerprint density at radius 2 is 1.79 bits per heavy atom. The third-order valence-corrected chi connectivity index (χ3v) is 6.13. The topological polar surface area (TPSA) is 117 Å². The van der Waals surface area contributed by atoms with Gasteiger partial charge in [-0.2, -0.15) is 4.52 Å². The maximum absolute atomic E-state index is 13.5. The molecule has 172 valence electrons. The first-order valence-electron chi connectivity index (χ1n) is 9.75. The molecule has 0 unspecified atom stereocenters. The van der Waals surface area contributed by atoms with E-state index in [9.17, 15) is 12.8 Å². The summed E-state index contributed by atoms with van der Waals surface area (Å²) in [4.78, 5) is -0.296. The van der Waals surface area contributed by atoms with Gasteiger partial charge in [-0.3, -0.25) is 0 Å². The molecule has 0 fully saturated rings. The number of hydrogen-bond acceptors (Lipinski definition) is 8. The highest BCUT2D eigenvalue weighted by Gasteiger charge is 2.20. The number of methoxy groups -OCH3 is 2. The van der Waals surface area contributed by atoms with Gasteiger partial charge in [0.25, 0.3) is 0 Å². The number of aromatic nitrogens is 4. The lowest BCUT2D eigenvalue weighted by Crippen LogP contribution is -2.28. The number of halogens is 1. The third kappa shape index (κ3) is 4.71. The Bertz CT molecular complexity index is 1390. The van der Waals surface area contributed by atoms with Crippen LogP contribution in [0.4, 0.5) is 4.39 Å². The monoisotopic (exact) mass is 473 g/mol. The van der Waals surface area contributed by atoms with Crippen LogP contribution in [-0.2, 0) is 10.0 Å². The number of para-hydroxylation sites is 1. The fourth-order valence-corrected chi connectivity index (χ4v) is 4.31. The molecule has 0 spiro atoms. The molecule has 12 heteroatoms. The molecule has 2 aromatic heterocycles. The van der Waals surface area contributed by atoms with Gasteiger partial charge in [-0.05, 0) is 36.4 Å². The Balaban J connectivity index is 1.47. The highest BCUT2D eigenvalue weighted by Crippen LogP contribution is 2.28. The molecule has 0 aliphatic rings. The molecular weight excluding hydrogens is 453 g/mol. The number of ether oxygens (including phenoxy) is 3. The molecule has 0 aliphatic heterocycles. The van der Waals surface area contributed by atoms with E-state index in [0.29, 0.717) is 22.8 Å². The normalized spacial score (nSPS) is 11.5. The van der Waals surface area contributed by atoms with Gasteiger partial charge in [0.2, 0.25) is 15.9 Å². The molecule has 0 bridgehead atoms. The largest absolute Gasteiger partial charge is 0.496 e. The van der Waals surface area contributed by atoms with Gasteiger partial charge in [-0.25, -0.2) is 17.5 Å². The zero-order chi connectivity index (χ0) is 23.4. The van der Waals surface area contributed by atoms with Crippen LogP contribution < -0.4 is 18.9 Å². The van der Waals surface area contributed by atoms with Gasteiger partial charge in [0, 0.05) is 12.6 Å². The number of nitrogens with one attached hydrogen (secondary N) is 1.